The number of rotatable bonds is 6. The fraction of sp³-hybridized carbons (Fsp3) is 0.130. The van der Waals surface area contributed by atoms with E-state index in [0.717, 1.165) is 17.1 Å². The van der Waals surface area contributed by atoms with Gasteiger partial charge in [-0.3, -0.25) is 9.36 Å². The van der Waals surface area contributed by atoms with Crippen LogP contribution < -0.4 is 20.1 Å². The summed E-state index contributed by atoms with van der Waals surface area (Å²) in [6.07, 6.45) is 5.46. The van der Waals surface area contributed by atoms with Crippen molar-refractivity contribution in [2.24, 2.45) is 0 Å². The number of fused-ring (bicyclic) bond motifs is 1. The van der Waals surface area contributed by atoms with Crippen molar-refractivity contribution in [1.82, 2.24) is 19.5 Å². The maximum atomic E-state index is 12.4. The van der Waals surface area contributed by atoms with Crippen LogP contribution in [0.4, 0.5) is 17.2 Å². The van der Waals surface area contributed by atoms with Crippen molar-refractivity contribution in [3.8, 4) is 17.3 Å². The molecule has 0 unspecified atom stereocenters. The van der Waals surface area contributed by atoms with Crippen LogP contribution in [0.3, 0.4) is 0 Å². The van der Waals surface area contributed by atoms with Crippen LogP contribution in [-0.2, 0) is 11.2 Å². The van der Waals surface area contributed by atoms with E-state index in [0.29, 0.717) is 28.8 Å². The molecule has 0 saturated carbocycles. The first-order chi connectivity index (χ1) is 15.6. The number of hydrogen-bond acceptors (Lipinski definition) is 7. The van der Waals surface area contributed by atoms with Crippen molar-refractivity contribution in [2.75, 3.05) is 17.4 Å². The average Bonchev–Trinajstić information content (AvgIpc) is 3.46. The van der Waals surface area contributed by atoms with Gasteiger partial charge in [0.15, 0.2) is 11.5 Å². The first-order valence-electron chi connectivity index (χ1n) is 10.0. The van der Waals surface area contributed by atoms with Gasteiger partial charge in [0.2, 0.25) is 12.7 Å². The second kappa shape index (κ2) is 8.38. The summed E-state index contributed by atoms with van der Waals surface area (Å²) in [5.74, 6) is 3.30. The predicted octanol–water partition coefficient (Wildman–Crippen LogP) is 3.62. The number of carbonyl (C=O) groups excluding carboxylic acids is 1. The third-order valence-electron chi connectivity index (χ3n) is 4.84. The Morgan fingerprint density at radius 2 is 1.84 bits per heavy atom. The van der Waals surface area contributed by atoms with Gasteiger partial charge in [-0.15, -0.1) is 0 Å². The molecule has 0 aliphatic carbocycles. The molecular formula is C23H20N6O3. The number of nitrogens with zero attached hydrogens (tertiary/aromatic N) is 4. The van der Waals surface area contributed by atoms with Crippen molar-refractivity contribution in [1.29, 1.82) is 0 Å². The minimum atomic E-state index is -0.110. The molecule has 160 valence electrons. The van der Waals surface area contributed by atoms with E-state index in [1.807, 2.05) is 66.2 Å². The fourth-order valence-corrected chi connectivity index (χ4v) is 3.37. The maximum absolute atomic E-state index is 12.4. The summed E-state index contributed by atoms with van der Waals surface area (Å²) < 4.78 is 12.5. The van der Waals surface area contributed by atoms with Crippen LogP contribution in [0.2, 0.25) is 0 Å². The Hall–Kier alpha value is -4.40. The number of anilines is 3. The molecule has 1 aliphatic rings. The Balaban J connectivity index is 1.22. The van der Waals surface area contributed by atoms with Gasteiger partial charge >= 0.3 is 0 Å². The number of ether oxygens (including phenoxy) is 2. The number of hydrogen-bond donors (Lipinski definition) is 2. The van der Waals surface area contributed by atoms with Crippen molar-refractivity contribution >= 4 is 23.1 Å². The molecule has 0 bridgehead atoms. The average molecular weight is 428 g/mol. The molecule has 0 atom stereocenters. The quantitative estimate of drug-likeness (QED) is 0.483. The number of amides is 1. The van der Waals surface area contributed by atoms with Crippen LogP contribution in [-0.4, -0.2) is 32.2 Å². The van der Waals surface area contributed by atoms with E-state index in [1.165, 1.54) is 0 Å². The van der Waals surface area contributed by atoms with E-state index in [-0.39, 0.29) is 19.1 Å². The molecule has 32 heavy (non-hydrogen) atoms. The Kier molecular flexibility index (Phi) is 5.12. The number of nitrogens with one attached hydrogen (secondary N) is 2. The van der Waals surface area contributed by atoms with Gasteiger partial charge in [0.05, 0.1) is 6.42 Å². The molecule has 2 N–H and O–H groups in total. The Morgan fingerprint density at radius 1 is 1.03 bits per heavy atom. The zero-order valence-corrected chi connectivity index (χ0v) is 17.3. The molecule has 0 saturated heterocycles. The van der Waals surface area contributed by atoms with E-state index >= 15 is 0 Å². The van der Waals surface area contributed by atoms with Crippen molar-refractivity contribution in [2.45, 2.75) is 13.3 Å². The van der Waals surface area contributed by atoms with Crippen LogP contribution in [0.15, 0.2) is 67.3 Å². The molecule has 9 heteroatoms. The summed E-state index contributed by atoms with van der Waals surface area (Å²) >= 11 is 0. The van der Waals surface area contributed by atoms with Gasteiger partial charge in [0, 0.05) is 29.8 Å². The summed E-state index contributed by atoms with van der Waals surface area (Å²) in [7, 11) is 0. The Bertz CT molecular complexity index is 1260. The second-order valence-electron chi connectivity index (χ2n) is 7.24. The van der Waals surface area contributed by atoms with Crippen LogP contribution in [0.25, 0.3) is 5.82 Å². The molecule has 2 aromatic carbocycles. The number of aryl methyl sites for hydroxylation is 1. The highest BCUT2D eigenvalue weighted by atomic mass is 16.7. The third kappa shape index (κ3) is 4.36. The van der Waals surface area contributed by atoms with Gasteiger partial charge in [-0.05, 0) is 48.9 Å². The largest absolute Gasteiger partial charge is 0.454 e. The predicted molar refractivity (Wildman–Crippen MR) is 119 cm³/mol. The lowest BCUT2D eigenvalue weighted by Gasteiger charge is -2.10. The summed E-state index contributed by atoms with van der Waals surface area (Å²) in [4.78, 5) is 25.3. The summed E-state index contributed by atoms with van der Waals surface area (Å²) in [5, 5.41) is 6.18. The highest BCUT2D eigenvalue weighted by Gasteiger charge is 2.14. The van der Waals surface area contributed by atoms with Crippen LogP contribution >= 0.6 is 0 Å². The molecule has 3 heterocycles. The minimum absolute atomic E-state index is 0.110. The molecule has 5 rings (SSSR count). The van der Waals surface area contributed by atoms with E-state index in [1.54, 1.807) is 12.5 Å². The molecule has 9 nitrogen and oxygen atoms in total. The van der Waals surface area contributed by atoms with E-state index < -0.39 is 0 Å². The molecule has 1 aliphatic heterocycles. The van der Waals surface area contributed by atoms with E-state index in [2.05, 4.69) is 25.6 Å². The third-order valence-corrected chi connectivity index (χ3v) is 4.84. The van der Waals surface area contributed by atoms with E-state index in [4.69, 9.17) is 9.47 Å². The number of aromatic nitrogens is 4. The zero-order valence-electron chi connectivity index (χ0n) is 17.3. The lowest BCUT2D eigenvalue weighted by molar-refractivity contribution is -0.115. The highest BCUT2D eigenvalue weighted by molar-refractivity contribution is 5.92. The van der Waals surface area contributed by atoms with Crippen LogP contribution in [0.5, 0.6) is 11.5 Å². The zero-order chi connectivity index (χ0) is 21.9. The number of benzene rings is 2. The maximum Gasteiger partial charge on any atom is 0.231 e. The lowest BCUT2D eigenvalue weighted by atomic mass is 10.1. The normalized spacial score (nSPS) is 11.9. The molecule has 0 radical (unpaired) electrons. The Morgan fingerprint density at radius 3 is 2.66 bits per heavy atom. The second-order valence-corrected chi connectivity index (χ2v) is 7.24. The molecule has 2 aromatic heterocycles. The van der Waals surface area contributed by atoms with Gasteiger partial charge in [0.25, 0.3) is 0 Å². The Labute approximate surface area is 184 Å². The summed E-state index contributed by atoms with van der Waals surface area (Å²) in [6, 6.07) is 14.8. The van der Waals surface area contributed by atoms with Gasteiger partial charge in [-0.2, -0.15) is 0 Å². The lowest BCUT2D eigenvalue weighted by Crippen LogP contribution is -2.14. The van der Waals surface area contributed by atoms with Gasteiger partial charge < -0.3 is 20.1 Å². The smallest absolute Gasteiger partial charge is 0.231 e. The first-order valence-corrected chi connectivity index (χ1v) is 10.0. The standard InChI is InChI=1S/C23H20N6O3/c1-15-25-21(12-22(26-15)29-9-8-24-13-29)27-17-3-5-18(6-4-17)28-23(30)11-16-2-7-19-20(10-16)32-14-31-19/h2-10,12-13H,11,14H2,1H3,(H,28,30)(H,25,26,27). The highest BCUT2D eigenvalue weighted by Crippen LogP contribution is 2.32. The minimum Gasteiger partial charge on any atom is -0.454 e. The van der Waals surface area contributed by atoms with Crippen molar-refractivity contribution in [3.05, 3.63) is 78.6 Å². The summed E-state index contributed by atoms with van der Waals surface area (Å²) in [6.45, 7) is 2.05. The molecular weight excluding hydrogens is 408 g/mol. The molecule has 0 fully saturated rings. The van der Waals surface area contributed by atoms with Gasteiger partial charge in [0.1, 0.15) is 23.8 Å². The van der Waals surface area contributed by atoms with Gasteiger partial charge in [-0.25, -0.2) is 15.0 Å². The van der Waals surface area contributed by atoms with Crippen molar-refractivity contribution in [3.63, 3.8) is 0 Å². The molecule has 0 spiro atoms. The topological polar surface area (TPSA) is 103 Å². The fourth-order valence-electron chi connectivity index (χ4n) is 3.37. The summed E-state index contributed by atoms with van der Waals surface area (Å²) in [5.41, 5.74) is 2.41. The molecule has 4 aromatic rings. The first kappa shape index (κ1) is 19.6. The van der Waals surface area contributed by atoms with Crippen LogP contribution in [0, 0.1) is 6.92 Å². The monoisotopic (exact) mass is 428 g/mol. The van der Waals surface area contributed by atoms with Gasteiger partial charge in [-0.1, -0.05) is 6.07 Å². The number of carbonyl (C=O) groups is 1. The number of imidazole rings is 1. The van der Waals surface area contributed by atoms with Crippen LogP contribution in [0.1, 0.15) is 11.4 Å². The van der Waals surface area contributed by atoms with E-state index in [9.17, 15) is 4.79 Å². The molecule has 1 amide bonds. The van der Waals surface area contributed by atoms with Crippen molar-refractivity contribution < 1.29 is 14.3 Å². The SMILES string of the molecule is Cc1nc(Nc2ccc(NC(=O)Cc3ccc4c(c3)OCO4)cc2)cc(-n2ccnc2)n1.